The van der Waals surface area contributed by atoms with Gasteiger partial charge in [0.1, 0.15) is 18.1 Å². The number of halogens is 1. The average molecular weight is 429 g/mol. The number of piperidine rings is 1. The minimum Gasteiger partial charge on any atom is -0.441 e. The molecule has 9 heteroatoms. The van der Waals surface area contributed by atoms with Crippen molar-refractivity contribution < 1.29 is 23.2 Å². The van der Waals surface area contributed by atoms with E-state index in [4.69, 9.17) is 4.42 Å². The number of imide groups is 1. The Balaban J connectivity index is 1.40. The van der Waals surface area contributed by atoms with Gasteiger partial charge in [0.15, 0.2) is 5.88 Å². The highest BCUT2D eigenvalue weighted by atomic mass is 32.2. The van der Waals surface area contributed by atoms with Gasteiger partial charge in [-0.3, -0.25) is 19.3 Å². The van der Waals surface area contributed by atoms with E-state index in [0.29, 0.717) is 11.4 Å². The maximum absolute atomic E-state index is 13.0. The lowest BCUT2D eigenvalue weighted by atomic mass is 10.1. The second-order valence-electron chi connectivity index (χ2n) is 7.05. The van der Waals surface area contributed by atoms with Crippen molar-refractivity contribution in [2.75, 3.05) is 29.9 Å². The van der Waals surface area contributed by atoms with Crippen molar-refractivity contribution in [3.63, 3.8) is 0 Å². The molecular formula is C21H20FN3O4S. The molecule has 0 saturated carbocycles. The molecule has 0 radical (unpaired) electrons. The second-order valence-corrected chi connectivity index (χ2v) is 8.04. The van der Waals surface area contributed by atoms with Gasteiger partial charge in [-0.05, 0) is 61.4 Å². The summed E-state index contributed by atoms with van der Waals surface area (Å²) < 4.78 is 18.8. The van der Waals surface area contributed by atoms with Crippen molar-refractivity contribution >= 4 is 46.5 Å². The van der Waals surface area contributed by atoms with Crippen LogP contribution in [0.1, 0.15) is 25.0 Å². The monoisotopic (exact) mass is 429 g/mol. The molecule has 4 rings (SSSR count). The van der Waals surface area contributed by atoms with Gasteiger partial charge in [0.25, 0.3) is 11.1 Å². The highest BCUT2D eigenvalue weighted by Gasteiger charge is 2.36. The van der Waals surface area contributed by atoms with Crippen molar-refractivity contribution in [2.45, 2.75) is 19.3 Å². The van der Waals surface area contributed by atoms with Gasteiger partial charge in [0.2, 0.25) is 5.91 Å². The van der Waals surface area contributed by atoms with E-state index < -0.39 is 29.4 Å². The lowest BCUT2D eigenvalue weighted by molar-refractivity contribution is -0.127. The van der Waals surface area contributed by atoms with Crippen molar-refractivity contribution in [3.05, 3.63) is 52.9 Å². The number of nitrogens with zero attached hydrogens (tertiary/aromatic N) is 2. The van der Waals surface area contributed by atoms with Crippen LogP contribution in [-0.4, -0.2) is 41.6 Å². The van der Waals surface area contributed by atoms with Crippen LogP contribution in [0.15, 0.2) is 45.7 Å². The number of amides is 3. The maximum atomic E-state index is 13.0. The molecule has 2 saturated heterocycles. The summed E-state index contributed by atoms with van der Waals surface area (Å²) in [5, 5.41) is 2.01. The van der Waals surface area contributed by atoms with Crippen molar-refractivity contribution in [3.8, 4) is 0 Å². The summed E-state index contributed by atoms with van der Waals surface area (Å²) in [4.78, 5) is 40.2. The third-order valence-electron chi connectivity index (χ3n) is 4.86. The lowest BCUT2D eigenvalue weighted by Gasteiger charge is -2.25. The van der Waals surface area contributed by atoms with Crippen LogP contribution < -0.4 is 10.2 Å². The maximum Gasteiger partial charge on any atom is 0.294 e. The molecule has 0 unspecified atom stereocenters. The third kappa shape index (κ3) is 4.56. The van der Waals surface area contributed by atoms with E-state index in [-0.39, 0.29) is 4.91 Å². The Labute approximate surface area is 176 Å². The van der Waals surface area contributed by atoms with E-state index >= 15 is 0 Å². The summed E-state index contributed by atoms with van der Waals surface area (Å²) in [6.45, 7) is 1.45. The van der Waals surface area contributed by atoms with Gasteiger partial charge in [-0.25, -0.2) is 4.39 Å². The first-order chi connectivity index (χ1) is 14.5. The predicted molar refractivity (Wildman–Crippen MR) is 112 cm³/mol. The molecule has 1 N–H and O–H groups in total. The number of benzene rings is 1. The molecule has 2 fully saturated rings. The zero-order valence-corrected chi connectivity index (χ0v) is 16.9. The van der Waals surface area contributed by atoms with Crippen LogP contribution in [0.3, 0.4) is 0 Å². The van der Waals surface area contributed by atoms with Gasteiger partial charge >= 0.3 is 0 Å². The highest BCUT2D eigenvalue weighted by Crippen LogP contribution is 2.33. The van der Waals surface area contributed by atoms with Gasteiger partial charge in [0.05, 0.1) is 4.91 Å². The van der Waals surface area contributed by atoms with E-state index in [1.54, 1.807) is 6.07 Å². The molecule has 0 aliphatic carbocycles. The first kappa shape index (κ1) is 20.2. The Kier molecular flexibility index (Phi) is 5.89. The quantitative estimate of drug-likeness (QED) is 0.721. The zero-order chi connectivity index (χ0) is 21.1. The summed E-state index contributed by atoms with van der Waals surface area (Å²) >= 11 is 0.767. The molecule has 7 nitrogen and oxygen atoms in total. The topological polar surface area (TPSA) is 82.9 Å². The van der Waals surface area contributed by atoms with Gasteiger partial charge in [0, 0.05) is 30.9 Å². The molecule has 30 heavy (non-hydrogen) atoms. The van der Waals surface area contributed by atoms with E-state index in [0.717, 1.165) is 48.5 Å². The van der Waals surface area contributed by atoms with Gasteiger partial charge in [-0.1, -0.05) is 0 Å². The number of carbonyl (C=O) groups is 3. The second kappa shape index (κ2) is 8.74. The summed E-state index contributed by atoms with van der Waals surface area (Å²) in [7, 11) is 0. The summed E-state index contributed by atoms with van der Waals surface area (Å²) in [5.74, 6) is -0.285. The lowest BCUT2D eigenvalue weighted by Crippen LogP contribution is -2.36. The van der Waals surface area contributed by atoms with Crippen LogP contribution in [0.5, 0.6) is 0 Å². The van der Waals surface area contributed by atoms with Crippen LogP contribution >= 0.6 is 11.8 Å². The van der Waals surface area contributed by atoms with E-state index in [1.165, 1.54) is 36.8 Å². The third-order valence-corrected chi connectivity index (χ3v) is 5.76. The number of nitrogens with one attached hydrogen (secondary N) is 1. The summed E-state index contributed by atoms with van der Waals surface area (Å²) in [6.07, 6.45) is 4.98. The first-order valence-electron chi connectivity index (χ1n) is 9.65. The van der Waals surface area contributed by atoms with Crippen molar-refractivity contribution in [1.82, 2.24) is 4.90 Å². The molecule has 2 aliphatic rings. The first-order valence-corrected chi connectivity index (χ1v) is 10.5. The summed E-state index contributed by atoms with van der Waals surface area (Å²) in [6, 6.07) is 8.84. The molecule has 0 atom stereocenters. The van der Waals surface area contributed by atoms with Gasteiger partial charge < -0.3 is 14.6 Å². The van der Waals surface area contributed by atoms with Gasteiger partial charge in [-0.15, -0.1) is 0 Å². The Morgan fingerprint density at radius 3 is 2.57 bits per heavy atom. The Hall–Kier alpha value is -3.07. The number of thioether (sulfide) groups is 1. The van der Waals surface area contributed by atoms with Crippen LogP contribution in [0.2, 0.25) is 0 Å². The van der Waals surface area contributed by atoms with Crippen LogP contribution in [0.4, 0.5) is 20.8 Å². The number of furan rings is 1. The smallest absolute Gasteiger partial charge is 0.294 e. The zero-order valence-electron chi connectivity index (χ0n) is 16.1. The Bertz CT molecular complexity index is 996. The molecular weight excluding hydrogens is 409 g/mol. The van der Waals surface area contributed by atoms with Crippen molar-refractivity contribution in [1.29, 1.82) is 0 Å². The molecule has 1 aromatic heterocycles. The molecule has 3 amide bonds. The van der Waals surface area contributed by atoms with Crippen LogP contribution in [0.25, 0.3) is 6.08 Å². The SMILES string of the molecule is O=C(CN1C(=O)S/C(=C\c2ccc(N3CCCCC3)o2)C1=O)Nc1ccc(F)cc1. The minimum absolute atomic E-state index is 0.203. The minimum atomic E-state index is -0.546. The molecule has 1 aromatic carbocycles. The number of hydrogen-bond acceptors (Lipinski definition) is 6. The fourth-order valence-corrected chi connectivity index (χ4v) is 4.17. The highest BCUT2D eigenvalue weighted by molar-refractivity contribution is 8.18. The van der Waals surface area contributed by atoms with Gasteiger partial charge in [-0.2, -0.15) is 0 Å². The van der Waals surface area contributed by atoms with E-state index in [1.807, 2.05) is 6.07 Å². The van der Waals surface area contributed by atoms with Crippen LogP contribution in [0, 0.1) is 5.82 Å². The molecule has 2 aliphatic heterocycles. The number of carbonyl (C=O) groups excluding carboxylic acids is 3. The average Bonchev–Trinajstić information content (AvgIpc) is 3.31. The van der Waals surface area contributed by atoms with Crippen molar-refractivity contribution in [2.24, 2.45) is 0 Å². The molecule has 0 spiro atoms. The fourth-order valence-electron chi connectivity index (χ4n) is 3.35. The molecule has 0 bridgehead atoms. The molecule has 3 heterocycles. The number of hydrogen-bond donors (Lipinski definition) is 1. The van der Waals surface area contributed by atoms with Crippen LogP contribution in [-0.2, 0) is 9.59 Å². The Morgan fingerprint density at radius 2 is 1.83 bits per heavy atom. The Morgan fingerprint density at radius 1 is 1.10 bits per heavy atom. The number of anilines is 2. The van der Waals surface area contributed by atoms with E-state index in [9.17, 15) is 18.8 Å². The summed E-state index contributed by atoms with van der Waals surface area (Å²) in [5.41, 5.74) is 0.379. The largest absolute Gasteiger partial charge is 0.441 e. The predicted octanol–water partition coefficient (Wildman–Crippen LogP) is 4.08. The standard InChI is InChI=1S/C21H20FN3O4S/c22-14-4-6-15(7-5-14)23-18(26)13-25-20(27)17(30-21(25)28)12-16-8-9-19(29-16)24-10-2-1-3-11-24/h4-9,12H,1-3,10-11,13H2,(H,23,26)/b17-12-. The number of rotatable bonds is 5. The molecule has 156 valence electrons. The van der Waals surface area contributed by atoms with E-state index in [2.05, 4.69) is 10.2 Å². The fraction of sp³-hybridized carbons (Fsp3) is 0.286. The molecule has 2 aromatic rings. The normalized spacial score (nSPS) is 18.4.